The summed E-state index contributed by atoms with van der Waals surface area (Å²) in [5, 5.41) is 0. The molecular weight excluding hydrogens is 584 g/mol. The topological polar surface area (TPSA) is 29.5 Å². The molecule has 0 aliphatic rings. The predicted octanol–water partition coefficient (Wildman–Crippen LogP) is 14.5. The van der Waals surface area contributed by atoms with Crippen LogP contribution in [0, 0.1) is 0 Å². The molecule has 0 aliphatic carbocycles. The molecule has 5 heteroatoms. The molecule has 0 radical (unpaired) electrons. The number of hydrogen-bond acceptors (Lipinski definition) is 2. The molecule has 0 amide bonds. The summed E-state index contributed by atoms with van der Waals surface area (Å²) in [4.78, 5) is 12.6. The molecule has 0 aromatic heterocycles. The van der Waals surface area contributed by atoms with Gasteiger partial charge in [-0.15, -0.1) is 0 Å². The molecule has 1 atom stereocenters. The lowest BCUT2D eigenvalue weighted by Crippen LogP contribution is -1.94. The molecule has 1 aromatic carbocycles. The first-order chi connectivity index (χ1) is 21.2. The van der Waals surface area contributed by atoms with E-state index in [1.807, 2.05) is 6.07 Å². The average Bonchev–Trinajstić information content (AvgIpc) is 3.01. The Kier molecular flexibility index (Phi) is 30.7. The van der Waals surface area contributed by atoms with Crippen molar-refractivity contribution in [3.8, 4) is 0 Å². The van der Waals surface area contributed by atoms with Gasteiger partial charge in [0.25, 0.3) is 10.9 Å². The molecule has 0 bridgehead atoms. The number of benzene rings is 1. The summed E-state index contributed by atoms with van der Waals surface area (Å²) in [7, 11) is 1.57. The van der Waals surface area contributed by atoms with Gasteiger partial charge in [-0.1, -0.05) is 199 Å². The van der Waals surface area contributed by atoms with Gasteiger partial charge in [0, 0.05) is 17.9 Å². The summed E-state index contributed by atoms with van der Waals surface area (Å²) in [6.07, 6.45) is 38.4. The van der Waals surface area contributed by atoms with Gasteiger partial charge in [-0.2, -0.15) is 0 Å². The molecule has 1 N–H and O–H groups in total. The fourth-order valence-electron chi connectivity index (χ4n) is 5.66. The van der Waals surface area contributed by atoms with Crippen molar-refractivity contribution in [2.24, 2.45) is 0 Å². The zero-order valence-corrected chi connectivity index (χ0v) is 31.2. The van der Waals surface area contributed by atoms with E-state index in [4.69, 9.17) is 4.52 Å². The van der Waals surface area contributed by atoms with Crippen LogP contribution in [-0.4, -0.2) is 17.3 Å². The van der Waals surface area contributed by atoms with Crippen molar-refractivity contribution in [2.75, 3.05) is 12.4 Å². The Morgan fingerprint density at radius 1 is 0.512 bits per heavy atom. The van der Waals surface area contributed by atoms with Crippen LogP contribution < -0.4 is 0 Å². The van der Waals surface area contributed by atoms with Gasteiger partial charge >= 0.3 is 5.69 Å². The van der Waals surface area contributed by atoms with Crippen LogP contribution in [0.25, 0.3) is 0 Å². The van der Waals surface area contributed by atoms with Crippen LogP contribution in [-0.2, 0) is 15.5 Å². The first-order valence-electron chi connectivity index (χ1n) is 18.9. The molecule has 2 nitrogen and oxygen atoms in total. The monoisotopic (exact) mass is 655 g/mol. The maximum absolute atomic E-state index is 11.5. The van der Waals surface area contributed by atoms with Gasteiger partial charge in [0.2, 0.25) is 4.90 Å². The number of hydrogen-bond donors (Lipinski definition) is 1. The molecule has 252 valence electrons. The Bertz CT molecular complexity index is 705. The Morgan fingerprint density at radius 2 is 0.860 bits per heavy atom. The highest BCUT2D eigenvalue weighted by Gasteiger charge is 2.30. The van der Waals surface area contributed by atoms with E-state index in [0.717, 1.165) is 17.1 Å². The van der Waals surface area contributed by atoms with E-state index in [-0.39, 0.29) is 0 Å². The molecule has 0 heterocycles. The Hall–Kier alpha value is 0.140. The van der Waals surface area contributed by atoms with Crippen LogP contribution >= 0.6 is 17.1 Å². The summed E-state index contributed by atoms with van der Waals surface area (Å²) in [5.41, 5.74) is -2.53. The second kappa shape index (κ2) is 32.1. The fourth-order valence-corrected chi connectivity index (χ4v) is 12.5. The molecule has 1 rings (SSSR count). The van der Waals surface area contributed by atoms with Gasteiger partial charge in [0.05, 0.1) is 6.61 Å². The van der Waals surface area contributed by atoms with E-state index in [1.54, 1.807) is 22.3 Å². The summed E-state index contributed by atoms with van der Waals surface area (Å²) >= 11 is 1.70. The van der Waals surface area contributed by atoms with Crippen LogP contribution in [0.5, 0.6) is 0 Å². The van der Waals surface area contributed by atoms with Crippen molar-refractivity contribution in [1.82, 2.24) is 0 Å². The summed E-state index contributed by atoms with van der Waals surface area (Å²) in [6, 6.07) is 10.3. The largest absolute Gasteiger partial charge is 0.439 e. The molecular formula is C38H72O2PS2+. The van der Waals surface area contributed by atoms with Crippen LogP contribution in [0.4, 0.5) is 0 Å². The summed E-state index contributed by atoms with van der Waals surface area (Å²) in [6.45, 7) is 5.27. The van der Waals surface area contributed by atoms with Crippen molar-refractivity contribution in [3.63, 3.8) is 0 Å². The van der Waals surface area contributed by atoms with E-state index >= 15 is 0 Å². The quantitative estimate of drug-likeness (QED) is 0.0464. The second-order valence-corrected chi connectivity index (χ2v) is 20.2. The van der Waals surface area contributed by atoms with Crippen molar-refractivity contribution < 1.29 is 9.42 Å². The average molecular weight is 656 g/mol. The van der Waals surface area contributed by atoms with E-state index in [1.165, 1.54) is 173 Å². The van der Waals surface area contributed by atoms with Crippen LogP contribution in [0.2, 0.25) is 0 Å². The van der Waals surface area contributed by atoms with Gasteiger partial charge in [0.1, 0.15) is 0 Å². The van der Waals surface area contributed by atoms with E-state index in [9.17, 15) is 4.89 Å². The lowest BCUT2D eigenvalue weighted by Gasteiger charge is -2.10. The minimum absolute atomic E-state index is 0.688. The van der Waals surface area contributed by atoms with Crippen LogP contribution in [0.15, 0.2) is 35.2 Å². The first-order valence-corrected chi connectivity index (χ1v) is 23.5. The Labute approximate surface area is 277 Å². The van der Waals surface area contributed by atoms with E-state index in [2.05, 4.69) is 38.1 Å². The first kappa shape index (κ1) is 41.2. The van der Waals surface area contributed by atoms with Gasteiger partial charge in [0.15, 0.2) is 0 Å². The lowest BCUT2D eigenvalue weighted by molar-refractivity contribution is 0.307. The fraction of sp³-hybridized carbons (Fsp3) is 0.842. The SMILES string of the molecule is CCCCCCCCCCCCCCCCOP(O)(SCCCCCCCCCCCCCCCC)=[S+]c1ccccc1. The van der Waals surface area contributed by atoms with E-state index in [0.29, 0.717) is 6.61 Å². The predicted molar refractivity (Wildman–Crippen MR) is 200 cm³/mol. The van der Waals surface area contributed by atoms with E-state index < -0.39 is 5.69 Å². The van der Waals surface area contributed by atoms with Gasteiger partial charge in [-0.3, -0.25) is 4.52 Å². The minimum Gasteiger partial charge on any atom is -0.303 e. The summed E-state index contributed by atoms with van der Waals surface area (Å²) < 4.78 is 6.25. The highest BCUT2D eigenvalue weighted by molar-refractivity contribution is 8.69. The van der Waals surface area contributed by atoms with Crippen molar-refractivity contribution in [3.05, 3.63) is 30.3 Å². The number of rotatable bonds is 33. The summed E-state index contributed by atoms with van der Waals surface area (Å²) in [5.74, 6) is 1.00. The standard InChI is InChI=1S/C38H72O2PS2/c1-3-5-7-9-11-13-15-17-19-21-23-25-27-32-36-40-41(39,43-38-34-30-29-31-35-38)42-37-33-28-26-24-22-20-18-16-14-12-10-8-6-4-2/h29-31,34-35,39H,3-28,32-33,36-37H2,1-2H3/q+1. The van der Waals surface area contributed by atoms with Crippen molar-refractivity contribution >= 4 is 28.0 Å². The maximum atomic E-state index is 11.5. The zero-order chi connectivity index (χ0) is 30.9. The van der Waals surface area contributed by atoms with Gasteiger partial charge in [-0.25, -0.2) is 0 Å². The third-order valence-electron chi connectivity index (χ3n) is 8.47. The molecule has 0 aliphatic heterocycles. The van der Waals surface area contributed by atoms with Crippen molar-refractivity contribution in [1.29, 1.82) is 0 Å². The van der Waals surface area contributed by atoms with Crippen LogP contribution in [0.1, 0.15) is 194 Å². The lowest BCUT2D eigenvalue weighted by atomic mass is 10.0. The normalized spacial score (nSPS) is 12.9. The zero-order valence-electron chi connectivity index (χ0n) is 28.7. The smallest absolute Gasteiger partial charge is 0.303 e. The third kappa shape index (κ3) is 28.1. The molecule has 0 spiro atoms. The van der Waals surface area contributed by atoms with Crippen molar-refractivity contribution in [2.45, 2.75) is 199 Å². The third-order valence-corrected chi connectivity index (χ3v) is 15.6. The molecule has 0 fully saturated rings. The molecule has 1 aromatic rings. The Morgan fingerprint density at radius 3 is 1.26 bits per heavy atom. The van der Waals surface area contributed by atoms with Crippen LogP contribution in [0.3, 0.4) is 0 Å². The minimum atomic E-state index is -2.53. The molecule has 1 unspecified atom stereocenters. The highest BCUT2D eigenvalue weighted by Crippen LogP contribution is 2.59. The Balaban J connectivity index is 2.11. The molecule has 0 saturated heterocycles. The number of unbranched alkanes of at least 4 members (excludes halogenated alkanes) is 26. The van der Waals surface area contributed by atoms with Gasteiger partial charge in [-0.05, 0) is 24.2 Å². The van der Waals surface area contributed by atoms with Gasteiger partial charge < -0.3 is 4.89 Å². The second-order valence-electron chi connectivity index (χ2n) is 12.7. The molecule has 0 saturated carbocycles. The maximum Gasteiger partial charge on any atom is 0.439 e. The highest BCUT2D eigenvalue weighted by atomic mass is 32.9. The molecule has 43 heavy (non-hydrogen) atoms.